The van der Waals surface area contributed by atoms with Crippen LogP contribution in [0.25, 0.3) is 0 Å². The third-order valence-corrected chi connectivity index (χ3v) is 3.40. The molecule has 86 valence electrons. The molecule has 2 N–H and O–H groups in total. The first-order valence-electron chi connectivity index (χ1n) is 5.66. The third kappa shape index (κ3) is 1.75. The lowest BCUT2D eigenvalue weighted by molar-refractivity contribution is 1.000. The number of hydrogen-bond donors (Lipinski definition) is 1. The third-order valence-electron chi connectivity index (χ3n) is 3.17. The lowest BCUT2D eigenvalue weighted by Crippen LogP contribution is -2.14. The van der Waals surface area contributed by atoms with Gasteiger partial charge in [-0.3, -0.25) is 0 Å². The van der Waals surface area contributed by atoms with Crippen LogP contribution in [0.4, 0.5) is 17.1 Å². The Morgan fingerprint density at radius 3 is 2.71 bits per heavy atom. The van der Waals surface area contributed by atoms with Crippen LogP contribution >= 0.6 is 11.6 Å². The molecule has 0 unspecified atom stereocenters. The van der Waals surface area contributed by atoms with Gasteiger partial charge >= 0.3 is 0 Å². The van der Waals surface area contributed by atoms with Crippen LogP contribution in [0.15, 0.2) is 42.5 Å². The topological polar surface area (TPSA) is 29.3 Å². The van der Waals surface area contributed by atoms with Gasteiger partial charge in [0.15, 0.2) is 0 Å². The molecule has 0 aromatic heterocycles. The van der Waals surface area contributed by atoms with Crippen LogP contribution in [0.1, 0.15) is 5.56 Å². The molecule has 0 saturated carbocycles. The highest BCUT2D eigenvalue weighted by molar-refractivity contribution is 6.31. The normalized spacial score (nSPS) is 13.8. The molecule has 0 saturated heterocycles. The molecule has 2 nitrogen and oxygen atoms in total. The largest absolute Gasteiger partial charge is 0.397 e. The minimum Gasteiger partial charge on any atom is -0.397 e. The number of para-hydroxylation sites is 1. The quantitative estimate of drug-likeness (QED) is 0.777. The van der Waals surface area contributed by atoms with Gasteiger partial charge in [-0.25, -0.2) is 0 Å². The van der Waals surface area contributed by atoms with Gasteiger partial charge in [-0.15, -0.1) is 0 Å². The van der Waals surface area contributed by atoms with Crippen LogP contribution in [0.5, 0.6) is 0 Å². The van der Waals surface area contributed by atoms with Crippen LogP contribution in [-0.4, -0.2) is 6.54 Å². The monoisotopic (exact) mass is 244 g/mol. The number of rotatable bonds is 1. The Morgan fingerprint density at radius 1 is 1.06 bits per heavy atom. The van der Waals surface area contributed by atoms with E-state index in [0.29, 0.717) is 5.02 Å². The summed E-state index contributed by atoms with van der Waals surface area (Å²) < 4.78 is 0. The van der Waals surface area contributed by atoms with Crippen molar-refractivity contribution in [2.75, 3.05) is 17.2 Å². The maximum Gasteiger partial charge on any atom is 0.0645 e. The highest BCUT2D eigenvalue weighted by Gasteiger charge is 2.21. The van der Waals surface area contributed by atoms with Crippen LogP contribution in [0.3, 0.4) is 0 Å². The zero-order chi connectivity index (χ0) is 11.8. The van der Waals surface area contributed by atoms with Crippen molar-refractivity contribution in [2.24, 2.45) is 0 Å². The van der Waals surface area contributed by atoms with Gasteiger partial charge < -0.3 is 10.6 Å². The first-order chi connectivity index (χ1) is 8.25. The van der Waals surface area contributed by atoms with Gasteiger partial charge in [-0.1, -0.05) is 29.8 Å². The lowest BCUT2D eigenvalue weighted by atomic mass is 10.2. The summed E-state index contributed by atoms with van der Waals surface area (Å²) in [6, 6.07) is 14.1. The van der Waals surface area contributed by atoms with Crippen LogP contribution < -0.4 is 10.6 Å². The average Bonchev–Trinajstić information content (AvgIpc) is 2.73. The van der Waals surface area contributed by atoms with Gasteiger partial charge in [0.05, 0.1) is 11.4 Å². The van der Waals surface area contributed by atoms with E-state index in [0.717, 1.165) is 24.3 Å². The summed E-state index contributed by atoms with van der Waals surface area (Å²) >= 11 is 5.93. The number of nitrogens with two attached hydrogens (primary N) is 1. The Labute approximate surface area is 106 Å². The standard InChI is InChI=1S/C14H13ClN2/c15-11-5-6-14(12(16)9-11)17-8-7-10-3-1-2-4-13(10)17/h1-6,9H,7-8,16H2. The van der Waals surface area contributed by atoms with Crippen LogP contribution in [-0.2, 0) is 6.42 Å². The summed E-state index contributed by atoms with van der Waals surface area (Å²) in [5, 5.41) is 0.679. The second kappa shape index (κ2) is 3.97. The van der Waals surface area contributed by atoms with Crippen LogP contribution in [0, 0.1) is 0 Å². The van der Waals surface area contributed by atoms with Crippen molar-refractivity contribution < 1.29 is 0 Å². The first kappa shape index (κ1) is 10.5. The SMILES string of the molecule is Nc1cc(Cl)ccc1N1CCc2ccccc21. The fourth-order valence-electron chi connectivity index (χ4n) is 2.36. The van der Waals surface area contributed by atoms with Crippen molar-refractivity contribution in [2.45, 2.75) is 6.42 Å². The molecule has 0 fully saturated rings. The molecule has 17 heavy (non-hydrogen) atoms. The molecule has 1 heterocycles. The molecule has 1 aliphatic rings. The predicted octanol–water partition coefficient (Wildman–Crippen LogP) is 3.62. The molecular weight excluding hydrogens is 232 g/mol. The molecule has 0 amide bonds. The van der Waals surface area contributed by atoms with Gasteiger partial charge in [0, 0.05) is 17.3 Å². The molecule has 3 rings (SSSR count). The number of nitrogen functional groups attached to an aromatic ring is 1. The van der Waals surface area contributed by atoms with Crippen molar-refractivity contribution in [1.29, 1.82) is 0 Å². The second-order valence-electron chi connectivity index (χ2n) is 4.23. The summed E-state index contributed by atoms with van der Waals surface area (Å²) in [6.07, 6.45) is 1.07. The van der Waals surface area contributed by atoms with E-state index in [1.54, 1.807) is 6.07 Å². The molecule has 0 atom stereocenters. The number of benzene rings is 2. The van der Waals surface area contributed by atoms with Crippen molar-refractivity contribution in [1.82, 2.24) is 0 Å². The zero-order valence-electron chi connectivity index (χ0n) is 9.36. The molecule has 0 radical (unpaired) electrons. The van der Waals surface area contributed by atoms with E-state index in [9.17, 15) is 0 Å². The summed E-state index contributed by atoms with van der Waals surface area (Å²) in [6.45, 7) is 0.977. The average molecular weight is 245 g/mol. The fourth-order valence-corrected chi connectivity index (χ4v) is 2.54. The van der Waals surface area contributed by atoms with E-state index in [-0.39, 0.29) is 0 Å². The van der Waals surface area contributed by atoms with E-state index < -0.39 is 0 Å². The van der Waals surface area contributed by atoms with E-state index in [4.69, 9.17) is 17.3 Å². The molecule has 2 aromatic rings. The van der Waals surface area contributed by atoms with E-state index >= 15 is 0 Å². The minimum absolute atomic E-state index is 0.679. The fraction of sp³-hybridized carbons (Fsp3) is 0.143. The Balaban J connectivity index is 2.07. The van der Waals surface area contributed by atoms with E-state index in [1.807, 2.05) is 12.1 Å². The van der Waals surface area contributed by atoms with Gasteiger partial charge in [-0.2, -0.15) is 0 Å². The molecular formula is C14H13ClN2. The zero-order valence-corrected chi connectivity index (χ0v) is 10.1. The predicted molar refractivity (Wildman–Crippen MR) is 73.0 cm³/mol. The maximum absolute atomic E-state index is 6.03. The van der Waals surface area contributed by atoms with Gasteiger partial charge in [0.25, 0.3) is 0 Å². The van der Waals surface area contributed by atoms with Crippen molar-refractivity contribution in [3.05, 3.63) is 53.1 Å². The number of hydrogen-bond acceptors (Lipinski definition) is 2. The van der Waals surface area contributed by atoms with Crippen molar-refractivity contribution >= 4 is 28.7 Å². The maximum atomic E-state index is 6.03. The highest BCUT2D eigenvalue weighted by atomic mass is 35.5. The Hall–Kier alpha value is -1.67. The second-order valence-corrected chi connectivity index (χ2v) is 4.67. The molecule has 0 bridgehead atoms. The summed E-state index contributed by atoms with van der Waals surface area (Å²) in [5.74, 6) is 0. The molecule has 2 aromatic carbocycles. The summed E-state index contributed by atoms with van der Waals surface area (Å²) in [7, 11) is 0. The Bertz CT molecular complexity index is 566. The van der Waals surface area contributed by atoms with Crippen LogP contribution in [0.2, 0.25) is 5.02 Å². The summed E-state index contributed by atoms with van der Waals surface area (Å²) in [5.41, 5.74) is 10.4. The van der Waals surface area contributed by atoms with Gasteiger partial charge in [0.1, 0.15) is 0 Å². The molecule has 1 aliphatic heterocycles. The number of halogens is 1. The van der Waals surface area contributed by atoms with Crippen molar-refractivity contribution in [3.8, 4) is 0 Å². The van der Waals surface area contributed by atoms with Crippen molar-refractivity contribution in [3.63, 3.8) is 0 Å². The molecule has 0 spiro atoms. The van der Waals surface area contributed by atoms with Gasteiger partial charge in [0.2, 0.25) is 0 Å². The Morgan fingerprint density at radius 2 is 1.88 bits per heavy atom. The molecule has 0 aliphatic carbocycles. The van der Waals surface area contributed by atoms with E-state index in [2.05, 4.69) is 29.2 Å². The first-order valence-corrected chi connectivity index (χ1v) is 6.04. The number of fused-ring (bicyclic) bond motifs is 1. The van der Waals surface area contributed by atoms with E-state index in [1.165, 1.54) is 11.3 Å². The summed E-state index contributed by atoms with van der Waals surface area (Å²) in [4.78, 5) is 2.25. The molecule has 3 heteroatoms. The highest BCUT2D eigenvalue weighted by Crippen LogP contribution is 2.37. The minimum atomic E-state index is 0.679. The number of anilines is 3. The number of nitrogens with zero attached hydrogens (tertiary/aromatic N) is 1. The smallest absolute Gasteiger partial charge is 0.0645 e. The lowest BCUT2D eigenvalue weighted by Gasteiger charge is -2.21. The van der Waals surface area contributed by atoms with Gasteiger partial charge in [-0.05, 0) is 36.2 Å². The Kier molecular flexibility index (Phi) is 2.45.